The molecule has 0 saturated carbocycles. The van der Waals surface area contributed by atoms with Crippen LogP contribution in [0.1, 0.15) is 20.8 Å². The lowest BCUT2D eigenvalue weighted by atomic mass is 10.1. The molecular formula is C9H16N2O2. The van der Waals surface area contributed by atoms with E-state index in [4.69, 9.17) is 0 Å². The molecule has 0 unspecified atom stereocenters. The van der Waals surface area contributed by atoms with Gasteiger partial charge in [-0.15, -0.1) is 0 Å². The number of carbonyl (C=O) groups is 1. The van der Waals surface area contributed by atoms with E-state index in [1.165, 1.54) is 7.11 Å². The fourth-order valence-electron chi connectivity index (χ4n) is 1.26. The van der Waals surface area contributed by atoms with Crippen molar-refractivity contribution in [3.05, 3.63) is 0 Å². The number of ether oxygens (including phenoxy) is 1. The molecule has 0 amide bonds. The van der Waals surface area contributed by atoms with Crippen molar-refractivity contribution < 1.29 is 9.53 Å². The van der Waals surface area contributed by atoms with Gasteiger partial charge in [0.15, 0.2) is 0 Å². The Labute approximate surface area is 78.6 Å². The second kappa shape index (κ2) is 3.01. The van der Waals surface area contributed by atoms with Crippen LogP contribution in [0.4, 0.5) is 0 Å². The molecule has 1 atom stereocenters. The lowest BCUT2D eigenvalue weighted by Crippen LogP contribution is -2.40. The second-order valence-corrected chi connectivity index (χ2v) is 3.80. The first-order valence-corrected chi connectivity index (χ1v) is 4.31. The average Bonchev–Trinajstić information content (AvgIpc) is 2.71. The molecule has 1 rings (SSSR count). The van der Waals surface area contributed by atoms with Crippen LogP contribution in [0.25, 0.3) is 0 Å². The molecule has 0 fully saturated rings. The first kappa shape index (κ1) is 10.0. The van der Waals surface area contributed by atoms with Gasteiger partial charge >= 0.3 is 5.97 Å². The Bertz CT molecular complexity index is 258. The number of hydrogen-bond acceptors (Lipinski definition) is 4. The van der Waals surface area contributed by atoms with Gasteiger partial charge in [-0.3, -0.25) is 4.99 Å². The summed E-state index contributed by atoms with van der Waals surface area (Å²) in [7, 11) is 3.25. The maximum absolute atomic E-state index is 11.2. The number of carbonyl (C=O) groups excluding carboxylic acids is 1. The summed E-state index contributed by atoms with van der Waals surface area (Å²) >= 11 is 0. The Hall–Kier alpha value is -1.06. The molecule has 0 bridgehead atoms. The number of likely N-dealkylation sites (N-methyl/N-ethyl adjacent to an activating group) is 1. The van der Waals surface area contributed by atoms with Gasteiger partial charge in [0, 0.05) is 7.05 Å². The van der Waals surface area contributed by atoms with E-state index < -0.39 is 0 Å². The maximum atomic E-state index is 11.2. The van der Waals surface area contributed by atoms with Crippen LogP contribution < -0.4 is 0 Å². The topological polar surface area (TPSA) is 41.9 Å². The van der Waals surface area contributed by atoms with Crippen LogP contribution in [0.3, 0.4) is 0 Å². The standard InChI is InChI=1S/C9H16N2O2/c1-6(7(12)13-5)11(4)8-9(2,3)10-8/h6H,1-5H3/t6-/m1/s1. The molecular weight excluding hydrogens is 168 g/mol. The predicted molar refractivity (Wildman–Crippen MR) is 50.8 cm³/mol. The van der Waals surface area contributed by atoms with Crippen molar-refractivity contribution in [2.45, 2.75) is 32.4 Å². The minimum atomic E-state index is -0.259. The molecule has 0 saturated heterocycles. The van der Waals surface area contributed by atoms with Gasteiger partial charge in [-0.05, 0) is 20.8 Å². The summed E-state index contributed by atoms with van der Waals surface area (Å²) in [6, 6.07) is -0.259. The fraction of sp³-hybridized carbons (Fsp3) is 0.778. The zero-order valence-corrected chi connectivity index (χ0v) is 8.79. The van der Waals surface area contributed by atoms with Crippen LogP contribution in [-0.2, 0) is 9.53 Å². The summed E-state index contributed by atoms with van der Waals surface area (Å²) in [5.74, 6) is 0.735. The predicted octanol–water partition coefficient (Wildman–Crippen LogP) is 0.670. The van der Waals surface area contributed by atoms with Gasteiger partial charge in [0.25, 0.3) is 0 Å². The Morgan fingerprint density at radius 2 is 2.08 bits per heavy atom. The molecule has 0 aliphatic carbocycles. The average molecular weight is 184 g/mol. The van der Waals surface area contributed by atoms with Gasteiger partial charge in [0.2, 0.25) is 0 Å². The highest BCUT2D eigenvalue weighted by molar-refractivity contribution is 6.04. The van der Waals surface area contributed by atoms with Gasteiger partial charge < -0.3 is 9.64 Å². The van der Waals surface area contributed by atoms with Crippen molar-refractivity contribution in [3.8, 4) is 0 Å². The lowest BCUT2D eigenvalue weighted by molar-refractivity contribution is -0.144. The molecule has 13 heavy (non-hydrogen) atoms. The van der Waals surface area contributed by atoms with E-state index in [0.717, 1.165) is 5.84 Å². The van der Waals surface area contributed by atoms with E-state index in [9.17, 15) is 4.79 Å². The van der Waals surface area contributed by atoms with Crippen molar-refractivity contribution in [2.24, 2.45) is 4.99 Å². The third-order valence-electron chi connectivity index (χ3n) is 2.34. The molecule has 4 nitrogen and oxygen atoms in total. The van der Waals surface area contributed by atoms with E-state index in [2.05, 4.69) is 9.73 Å². The summed E-state index contributed by atoms with van der Waals surface area (Å²) in [5.41, 5.74) is -0.0863. The second-order valence-electron chi connectivity index (χ2n) is 3.80. The van der Waals surface area contributed by atoms with Crippen LogP contribution >= 0.6 is 0 Å². The summed E-state index contributed by atoms with van der Waals surface area (Å²) in [6.07, 6.45) is 0. The van der Waals surface area contributed by atoms with Gasteiger partial charge in [-0.1, -0.05) is 0 Å². The Morgan fingerprint density at radius 3 is 2.38 bits per heavy atom. The third-order valence-corrected chi connectivity index (χ3v) is 2.34. The van der Waals surface area contributed by atoms with Crippen LogP contribution in [0, 0.1) is 0 Å². The maximum Gasteiger partial charge on any atom is 0.328 e. The zero-order chi connectivity index (χ0) is 10.2. The highest BCUT2D eigenvalue weighted by Gasteiger charge is 2.42. The monoisotopic (exact) mass is 184 g/mol. The first-order valence-electron chi connectivity index (χ1n) is 4.31. The molecule has 4 heteroatoms. The molecule has 0 radical (unpaired) electrons. The summed E-state index contributed by atoms with van der Waals surface area (Å²) in [5, 5.41) is 0. The minimum Gasteiger partial charge on any atom is -0.467 e. The lowest BCUT2D eigenvalue weighted by Gasteiger charge is -2.22. The molecule has 0 spiro atoms. The van der Waals surface area contributed by atoms with Crippen molar-refractivity contribution in [1.29, 1.82) is 0 Å². The van der Waals surface area contributed by atoms with Gasteiger partial charge in [-0.25, -0.2) is 4.79 Å². The van der Waals surface area contributed by atoms with Crippen molar-refractivity contribution in [1.82, 2.24) is 4.90 Å². The number of aliphatic imine (C=N–C) groups is 1. The van der Waals surface area contributed by atoms with Crippen LogP contribution in [0.2, 0.25) is 0 Å². The summed E-state index contributed by atoms with van der Waals surface area (Å²) in [6.45, 7) is 5.84. The molecule has 1 aliphatic heterocycles. The molecule has 1 heterocycles. The van der Waals surface area contributed by atoms with Crippen LogP contribution in [0.5, 0.6) is 0 Å². The fourth-order valence-corrected chi connectivity index (χ4v) is 1.26. The third kappa shape index (κ3) is 1.82. The highest BCUT2D eigenvalue weighted by atomic mass is 16.5. The minimum absolute atomic E-state index is 0.0863. The first-order chi connectivity index (χ1) is 5.90. The van der Waals surface area contributed by atoms with Gasteiger partial charge in [-0.2, -0.15) is 0 Å². The molecule has 74 valence electrons. The number of methoxy groups -OCH3 is 1. The molecule has 0 aromatic heterocycles. The van der Waals surface area contributed by atoms with Gasteiger partial charge in [0.1, 0.15) is 17.4 Å². The van der Waals surface area contributed by atoms with E-state index in [-0.39, 0.29) is 17.6 Å². The SMILES string of the molecule is COC(=O)[C@@H](C)N(C)C1=NC1(C)C. The Kier molecular flexibility index (Phi) is 2.32. The van der Waals surface area contributed by atoms with Crippen LogP contribution in [-0.4, -0.2) is 42.4 Å². The molecule has 0 N–H and O–H groups in total. The normalized spacial score (nSPS) is 20.2. The summed E-state index contributed by atoms with van der Waals surface area (Å²) < 4.78 is 4.64. The quantitative estimate of drug-likeness (QED) is 0.592. The zero-order valence-electron chi connectivity index (χ0n) is 8.79. The summed E-state index contributed by atoms with van der Waals surface area (Å²) in [4.78, 5) is 17.3. The molecule has 1 aliphatic rings. The number of amidine groups is 1. The smallest absolute Gasteiger partial charge is 0.328 e. The number of rotatable bonds is 2. The van der Waals surface area contributed by atoms with Crippen molar-refractivity contribution in [3.63, 3.8) is 0 Å². The number of nitrogens with zero attached hydrogens (tertiary/aromatic N) is 2. The van der Waals surface area contributed by atoms with E-state index in [1.807, 2.05) is 32.7 Å². The van der Waals surface area contributed by atoms with Crippen molar-refractivity contribution in [2.75, 3.05) is 14.2 Å². The number of hydrogen-bond donors (Lipinski definition) is 0. The Morgan fingerprint density at radius 1 is 1.62 bits per heavy atom. The highest BCUT2D eigenvalue weighted by Crippen LogP contribution is 2.29. The van der Waals surface area contributed by atoms with E-state index in [0.29, 0.717) is 0 Å². The van der Waals surface area contributed by atoms with Crippen LogP contribution in [0.15, 0.2) is 4.99 Å². The molecule has 0 aromatic carbocycles. The van der Waals surface area contributed by atoms with E-state index >= 15 is 0 Å². The van der Waals surface area contributed by atoms with Crippen molar-refractivity contribution >= 4 is 11.8 Å². The van der Waals surface area contributed by atoms with E-state index in [1.54, 1.807) is 0 Å². The Balaban J connectivity index is 2.55. The number of esters is 1. The van der Waals surface area contributed by atoms with Gasteiger partial charge in [0.05, 0.1) is 7.11 Å². The largest absolute Gasteiger partial charge is 0.467 e. The molecule has 0 aromatic rings.